The molecule has 0 amide bonds. The lowest BCUT2D eigenvalue weighted by Gasteiger charge is -2.13. The number of fused-ring (bicyclic) bond motifs is 1. The molecule has 7 heteroatoms. The van der Waals surface area contributed by atoms with Crippen molar-refractivity contribution in [3.8, 4) is 5.69 Å². The van der Waals surface area contributed by atoms with Gasteiger partial charge in [0, 0.05) is 13.1 Å². The highest BCUT2D eigenvalue weighted by Gasteiger charge is 2.19. The third-order valence-corrected chi connectivity index (χ3v) is 4.38. The molecule has 0 bridgehead atoms. The predicted molar refractivity (Wildman–Crippen MR) is 99.3 cm³/mol. The monoisotopic (exact) mass is 358 g/mol. The van der Waals surface area contributed by atoms with Crippen LogP contribution in [0.2, 0.25) is 0 Å². The van der Waals surface area contributed by atoms with Crippen molar-refractivity contribution >= 4 is 11.2 Å². The lowest BCUT2D eigenvalue weighted by atomic mass is 10.1. The lowest BCUT2D eigenvalue weighted by Crippen LogP contribution is -2.40. The van der Waals surface area contributed by atoms with Crippen molar-refractivity contribution in [1.29, 1.82) is 0 Å². The van der Waals surface area contributed by atoms with E-state index in [1.54, 1.807) is 10.9 Å². The SMILES string of the molecule is CCCn1cnc2c1c(=O)n(CCC(C)C)c(=O)n2-c1ccc(F)cc1. The van der Waals surface area contributed by atoms with E-state index in [2.05, 4.69) is 4.98 Å². The molecule has 0 atom stereocenters. The molecule has 0 saturated carbocycles. The molecule has 2 heterocycles. The normalized spacial score (nSPS) is 11.6. The Hall–Kier alpha value is -2.70. The lowest BCUT2D eigenvalue weighted by molar-refractivity contribution is 0.491. The van der Waals surface area contributed by atoms with Crippen LogP contribution in [-0.4, -0.2) is 18.7 Å². The van der Waals surface area contributed by atoms with Crippen LogP contribution in [0.15, 0.2) is 40.2 Å². The predicted octanol–water partition coefficient (Wildman–Crippen LogP) is 2.94. The molecule has 3 aromatic rings. The van der Waals surface area contributed by atoms with Gasteiger partial charge < -0.3 is 4.57 Å². The standard InChI is InChI=1S/C19H23FN4O2/c1-4-10-22-12-21-17-16(22)18(25)23(11-9-13(2)3)19(26)24(17)15-7-5-14(20)6-8-15/h5-8,12-13H,4,9-11H2,1-3H3. The second-order valence-electron chi connectivity index (χ2n) is 6.84. The van der Waals surface area contributed by atoms with Gasteiger partial charge in [0.15, 0.2) is 11.2 Å². The average molecular weight is 358 g/mol. The summed E-state index contributed by atoms with van der Waals surface area (Å²) in [6, 6.07) is 5.62. The van der Waals surface area contributed by atoms with Crippen LogP contribution < -0.4 is 11.2 Å². The maximum Gasteiger partial charge on any atom is 0.337 e. The molecule has 138 valence electrons. The van der Waals surface area contributed by atoms with Gasteiger partial charge in [-0.3, -0.25) is 9.36 Å². The average Bonchev–Trinajstić information content (AvgIpc) is 3.00. The zero-order valence-corrected chi connectivity index (χ0v) is 15.3. The number of hydrogen-bond acceptors (Lipinski definition) is 3. The molecule has 2 aromatic heterocycles. The van der Waals surface area contributed by atoms with E-state index in [-0.39, 0.29) is 11.4 Å². The maximum atomic E-state index is 13.3. The third kappa shape index (κ3) is 3.21. The van der Waals surface area contributed by atoms with Crippen molar-refractivity contribution in [2.45, 2.75) is 46.7 Å². The molecule has 6 nitrogen and oxygen atoms in total. The number of rotatable bonds is 6. The molecule has 0 aliphatic carbocycles. The van der Waals surface area contributed by atoms with Gasteiger partial charge in [-0.15, -0.1) is 0 Å². The molecule has 0 aliphatic heterocycles. The van der Waals surface area contributed by atoms with Crippen LogP contribution in [0.5, 0.6) is 0 Å². The Kier molecular flexibility index (Phi) is 5.06. The molecule has 0 unspecified atom stereocenters. The Labute approximate surface area is 150 Å². The quantitative estimate of drug-likeness (QED) is 0.681. The zero-order valence-electron chi connectivity index (χ0n) is 15.3. The van der Waals surface area contributed by atoms with Gasteiger partial charge in [-0.1, -0.05) is 20.8 Å². The van der Waals surface area contributed by atoms with E-state index in [0.29, 0.717) is 42.3 Å². The Morgan fingerprint density at radius 2 is 1.81 bits per heavy atom. The summed E-state index contributed by atoms with van der Waals surface area (Å²) in [5.74, 6) is -0.0282. The van der Waals surface area contributed by atoms with E-state index >= 15 is 0 Å². The molecule has 0 spiro atoms. The molecule has 3 rings (SSSR count). The Bertz CT molecular complexity index is 1030. The van der Waals surface area contributed by atoms with Gasteiger partial charge in [0.25, 0.3) is 5.56 Å². The molecule has 0 aliphatic rings. The van der Waals surface area contributed by atoms with E-state index in [0.717, 1.165) is 6.42 Å². The minimum absolute atomic E-state index is 0.306. The van der Waals surface area contributed by atoms with E-state index in [1.807, 2.05) is 20.8 Å². The Balaban J connectivity index is 2.33. The van der Waals surface area contributed by atoms with Crippen LogP contribution in [0.25, 0.3) is 16.9 Å². The van der Waals surface area contributed by atoms with Gasteiger partial charge in [0.05, 0.1) is 12.0 Å². The summed E-state index contributed by atoms with van der Waals surface area (Å²) in [6.07, 6.45) is 3.14. The van der Waals surface area contributed by atoms with E-state index in [9.17, 15) is 14.0 Å². The third-order valence-electron chi connectivity index (χ3n) is 4.38. The highest BCUT2D eigenvalue weighted by Crippen LogP contribution is 2.14. The fraction of sp³-hybridized carbons (Fsp3) is 0.421. The number of aryl methyl sites for hydroxylation is 1. The Morgan fingerprint density at radius 3 is 2.42 bits per heavy atom. The van der Waals surface area contributed by atoms with Crippen LogP contribution in [0.4, 0.5) is 4.39 Å². The maximum absolute atomic E-state index is 13.3. The first-order valence-electron chi connectivity index (χ1n) is 8.90. The summed E-state index contributed by atoms with van der Waals surface area (Å²) >= 11 is 0. The summed E-state index contributed by atoms with van der Waals surface area (Å²) in [4.78, 5) is 30.3. The topological polar surface area (TPSA) is 61.8 Å². The fourth-order valence-corrected chi connectivity index (χ4v) is 3.00. The first-order valence-corrected chi connectivity index (χ1v) is 8.90. The molecule has 26 heavy (non-hydrogen) atoms. The van der Waals surface area contributed by atoms with Crippen molar-refractivity contribution in [1.82, 2.24) is 18.7 Å². The smallest absolute Gasteiger partial charge is 0.325 e. The van der Waals surface area contributed by atoms with E-state index < -0.39 is 5.69 Å². The van der Waals surface area contributed by atoms with Gasteiger partial charge in [-0.05, 0) is 43.0 Å². The number of halogens is 1. The number of nitrogens with zero attached hydrogens (tertiary/aromatic N) is 4. The van der Waals surface area contributed by atoms with Gasteiger partial charge in [0.2, 0.25) is 0 Å². The highest BCUT2D eigenvalue weighted by molar-refractivity contribution is 5.72. The van der Waals surface area contributed by atoms with Crippen LogP contribution >= 0.6 is 0 Å². The zero-order chi connectivity index (χ0) is 18.8. The fourth-order valence-electron chi connectivity index (χ4n) is 3.00. The van der Waals surface area contributed by atoms with Crippen LogP contribution in [0.1, 0.15) is 33.6 Å². The number of benzene rings is 1. The highest BCUT2D eigenvalue weighted by atomic mass is 19.1. The van der Waals surface area contributed by atoms with Gasteiger partial charge in [-0.25, -0.2) is 18.7 Å². The summed E-state index contributed by atoms with van der Waals surface area (Å²) in [5.41, 5.74) is 0.424. The molecule has 1 aromatic carbocycles. The minimum Gasteiger partial charge on any atom is -0.325 e. The summed E-state index contributed by atoms with van der Waals surface area (Å²) in [6.45, 7) is 7.08. The number of hydrogen-bond donors (Lipinski definition) is 0. The summed E-state index contributed by atoms with van der Waals surface area (Å²) in [5, 5.41) is 0. The molecule has 0 radical (unpaired) electrons. The van der Waals surface area contributed by atoms with Gasteiger partial charge >= 0.3 is 5.69 Å². The second kappa shape index (κ2) is 7.27. The van der Waals surface area contributed by atoms with Crippen molar-refractivity contribution in [3.05, 3.63) is 57.2 Å². The van der Waals surface area contributed by atoms with Crippen molar-refractivity contribution in [2.24, 2.45) is 5.92 Å². The summed E-state index contributed by atoms with van der Waals surface area (Å²) in [7, 11) is 0. The molecule has 0 fully saturated rings. The second-order valence-corrected chi connectivity index (χ2v) is 6.84. The molecular formula is C19H23FN4O2. The largest absolute Gasteiger partial charge is 0.337 e. The van der Waals surface area contributed by atoms with Crippen molar-refractivity contribution < 1.29 is 4.39 Å². The van der Waals surface area contributed by atoms with Crippen molar-refractivity contribution in [3.63, 3.8) is 0 Å². The number of aromatic nitrogens is 4. The van der Waals surface area contributed by atoms with Crippen LogP contribution in [0, 0.1) is 11.7 Å². The summed E-state index contributed by atoms with van der Waals surface area (Å²) < 4.78 is 17.7. The molecule has 0 saturated heterocycles. The first-order chi connectivity index (χ1) is 12.4. The van der Waals surface area contributed by atoms with Crippen molar-refractivity contribution in [2.75, 3.05) is 0 Å². The van der Waals surface area contributed by atoms with Crippen LogP contribution in [-0.2, 0) is 13.1 Å². The first kappa shape index (κ1) is 18.1. The van der Waals surface area contributed by atoms with Crippen LogP contribution in [0.3, 0.4) is 0 Å². The Morgan fingerprint density at radius 1 is 1.12 bits per heavy atom. The van der Waals surface area contributed by atoms with E-state index in [4.69, 9.17) is 0 Å². The number of imidazole rings is 1. The minimum atomic E-state index is -0.448. The molecule has 0 N–H and O–H groups in total. The van der Waals surface area contributed by atoms with E-state index in [1.165, 1.54) is 33.4 Å². The van der Waals surface area contributed by atoms with Gasteiger partial charge in [-0.2, -0.15) is 0 Å². The molecular weight excluding hydrogens is 335 g/mol. The van der Waals surface area contributed by atoms with Gasteiger partial charge in [0.1, 0.15) is 5.82 Å².